The number of hydrogen-bond donors (Lipinski definition) is 1. The van der Waals surface area contributed by atoms with Crippen molar-refractivity contribution in [1.82, 2.24) is 14.8 Å². The zero-order valence-electron chi connectivity index (χ0n) is 17.5. The van der Waals surface area contributed by atoms with Crippen molar-refractivity contribution < 1.29 is 9.53 Å². The molecule has 0 atom stereocenters. The molecule has 4 rings (SSSR count). The molecule has 7 nitrogen and oxygen atoms in total. The lowest BCUT2D eigenvalue weighted by molar-refractivity contribution is -0.118. The Kier molecular flexibility index (Phi) is 5.37. The maximum atomic E-state index is 12.6. The third-order valence-electron chi connectivity index (χ3n) is 5.07. The lowest BCUT2D eigenvalue weighted by Gasteiger charge is -2.13. The summed E-state index contributed by atoms with van der Waals surface area (Å²) < 4.78 is 7.19. The van der Waals surface area contributed by atoms with Gasteiger partial charge in [-0.3, -0.25) is 4.79 Å². The van der Waals surface area contributed by atoms with Gasteiger partial charge < -0.3 is 10.1 Å². The number of carbonyl (C=O) groups excluding carboxylic acids is 1. The maximum absolute atomic E-state index is 12.6. The van der Waals surface area contributed by atoms with Crippen molar-refractivity contribution >= 4 is 22.6 Å². The Morgan fingerprint density at radius 3 is 2.77 bits per heavy atom. The molecule has 0 bridgehead atoms. The Bertz CT molecular complexity index is 1330. The van der Waals surface area contributed by atoms with Gasteiger partial charge in [0.05, 0.1) is 11.7 Å². The van der Waals surface area contributed by atoms with Gasteiger partial charge in [-0.25, -0.2) is 4.98 Å². The van der Waals surface area contributed by atoms with Gasteiger partial charge in [0.1, 0.15) is 17.4 Å². The van der Waals surface area contributed by atoms with E-state index in [-0.39, 0.29) is 18.0 Å². The standard InChI is InChI=1S/C24H21N5O2/c1-15-10-16(2)17(3)21(11-15)31-14-23(30)28-24-19(12-25)13-26-29(24)22-9-8-18-6-4-5-7-20(18)27-22/h4-11,13H,14H2,1-3H3,(H,28,30). The minimum Gasteiger partial charge on any atom is -0.483 e. The van der Waals surface area contributed by atoms with Gasteiger partial charge in [0, 0.05) is 5.39 Å². The third kappa shape index (κ3) is 4.09. The number of ether oxygens (including phenoxy) is 1. The number of fused-ring (bicyclic) bond motifs is 1. The van der Waals surface area contributed by atoms with E-state index in [1.54, 1.807) is 6.07 Å². The summed E-state index contributed by atoms with van der Waals surface area (Å²) in [5.41, 5.74) is 4.18. The van der Waals surface area contributed by atoms with E-state index in [0.717, 1.165) is 27.6 Å². The van der Waals surface area contributed by atoms with Crippen LogP contribution >= 0.6 is 0 Å². The molecule has 4 aromatic rings. The summed E-state index contributed by atoms with van der Waals surface area (Å²) in [6.07, 6.45) is 1.40. The van der Waals surface area contributed by atoms with Crippen LogP contribution in [0.3, 0.4) is 0 Å². The lowest BCUT2D eigenvalue weighted by Crippen LogP contribution is -2.23. The predicted octanol–water partition coefficient (Wildman–Crippen LogP) is 4.23. The molecule has 0 fully saturated rings. The van der Waals surface area contributed by atoms with E-state index in [0.29, 0.717) is 11.6 Å². The number of aryl methyl sites for hydroxylation is 2. The Hall–Kier alpha value is -4.18. The molecule has 0 aliphatic heterocycles. The number of anilines is 1. The van der Waals surface area contributed by atoms with Crippen molar-refractivity contribution in [2.45, 2.75) is 20.8 Å². The highest BCUT2D eigenvalue weighted by Crippen LogP contribution is 2.24. The van der Waals surface area contributed by atoms with E-state index < -0.39 is 5.91 Å². The molecule has 0 aliphatic rings. The van der Waals surface area contributed by atoms with Crippen molar-refractivity contribution in [2.24, 2.45) is 0 Å². The fraction of sp³-hybridized carbons (Fsp3) is 0.167. The summed E-state index contributed by atoms with van der Waals surface area (Å²) in [4.78, 5) is 17.2. The first kappa shape index (κ1) is 20.1. The predicted molar refractivity (Wildman–Crippen MR) is 118 cm³/mol. The van der Waals surface area contributed by atoms with Crippen molar-refractivity contribution in [3.05, 3.63) is 77.0 Å². The van der Waals surface area contributed by atoms with Gasteiger partial charge in [-0.05, 0) is 61.7 Å². The Labute approximate surface area is 179 Å². The van der Waals surface area contributed by atoms with E-state index in [2.05, 4.69) is 27.5 Å². The third-order valence-corrected chi connectivity index (χ3v) is 5.07. The number of rotatable bonds is 5. The molecule has 2 heterocycles. The molecule has 2 aromatic carbocycles. The number of aromatic nitrogens is 3. The minimum atomic E-state index is -0.391. The fourth-order valence-electron chi connectivity index (χ4n) is 3.36. The van der Waals surface area contributed by atoms with Crippen LogP contribution in [0.25, 0.3) is 16.7 Å². The van der Waals surface area contributed by atoms with Crippen LogP contribution in [0.5, 0.6) is 5.75 Å². The molecule has 0 spiro atoms. The number of nitrogens with zero attached hydrogens (tertiary/aromatic N) is 4. The van der Waals surface area contributed by atoms with Gasteiger partial charge in [-0.1, -0.05) is 24.3 Å². The molecule has 0 saturated carbocycles. The van der Waals surface area contributed by atoms with E-state index in [9.17, 15) is 10.1 Å². The van der Waals surface area contributed by atoms with Crippen molar-refractivity contribution in [3.63, 3.8) is 0 Å². The second-order valence-corrected chi connectivity index (χ2v) is 7.33. The second kappa shape index (κ2) is 8.28. The molecule has 31 heavy (non-hydrogen) atoms. The smallest absolute Gasteiger partial charge is 0.263 e. The zero-order chi connectivity index (χ0) is 22.0. The van der Waals surface area contributed by atoms with Crippen LogP contribution in [-0.4, -0.2) is 27.3 Å². The largest absolute Gasteiger partial charge is 0.483 e. The molecule has 1 N–H and O–H groups in total. The quantitative estimate of drug-likeness (QED) is 0.530. The molecule has 0 radical (unpaired) electrons. The summed E-state index contributed by atoms with van der Waals surface area (Å²) in [5, 5.41) is 17.4. The average Bonchev–Trinajstić information content (AvgIpc) is 3.17. The van der Waals surface area contributed by atoms with Crippen LogP contribution in [0.15, 0.2) is 54.7 Å². The number of nitriles is 1. The van der Waals surface area contributed by atoms with Gasteiger partial charge in [-0.15, -0.1) is 0 Å². The van der Waals surface area contributed by atoms with Crippen LogP contribution in [0.1, 0.15) is 22.3 Å². The van der Waals surface area contributed by atoms with Crippen LogP contribution in [0.4, 0.5) is 5.82 Å². The van der Waals surface area contributed by atoms with Gasteiger partial charge in [0.25, 0.3) is 5.91 Å². The summed E-state index contributed by atoms with van der Waals surface area (Å²) in [6, 6.07) is 17.4. The number of carbonyl (C=O) groups is 1. The molecule has 0 saturated heterocycles. The Morgan fingerprint density at radius 2 is 1.97 bits per heavy atom. The van der Waals surface area contributed by atoms with Crippen molar-refractivity contribution in [1.29, 1.82) is 5.26 Å². The molecule has 1 amide bonds. The lowest BCUT2D eigenvalue weighted by atomic mass is 10.1. The Balaban J connectivity index is 1.58. The molecular weight excluding hydrogens is 390 g/mol. The van der Waals surface area contributed by atoms with E-state index >= 15 is 0 Å². The highest BCUT2D eigenvalue weighted by atomic mass is 16.5. The first-order valence-electron chi connectivity index (χ1n) is 9.81. The van der Waals surface area contributed by atoms with Crippen LogP contribution in [0.2, 0.25) is 0 Å². The molecular formula is C24H21N5O2. The van der Waals surface area contributed by atoms with Crippen LogP contribution < -0.4 is 10.1 Å². The Morgan fingerprint density at radius 1 is 1.16 bits per heavy atom. The summed E-state index contributed by atoms with van der Waals surface area (Å²) in [7, 11) is 0. The number of nitrogens with one attached hydrogen (secondary N) is 1. The van der Waals surface area contributed by atoms with Crippen LogP contribution in [-0.2, 0) is 4.79 Å². The summed E-state index contributed by atoms with van der Waals surface area (Å²) >= 11 is 0. The summed E-state index contributed by atoms with van der Waals surface area (Å²) in [6.45, 7) is 5.75. The number of pyridine rings is 1. The topological polar surface area (TPSA) is 92.8 Å². The van der Waals surface area contributed by atoms with Crippen molar-refractivity contribution in [3.8, 4) is 17.6 Å². The number of para-hydroxylation sites is 1. The molecule has 154 valence electrons. The molecule has 7 heteroatoms. The highest BCUT2D eigenvalue weighted by Gasteiger charge is 2.17. The van der Waals surface area contributed by atoms with E-state index in [4.69, 9.17) is 4.74 Å². The van der Waals surface area contributed by atoms with Gasteiger partial charge >= 0.3 is 0 Å². The minimum absolute atomic E-state index is 0.190. The monoisotopic (exact) mass is 411 g/mol. The number of amides is 1. The fourth-order valence-corrected chi connectivity index (χ4v) is 3.36. The SMILES string of the molecule is Cc1cc(C)c(C)c(OCC(=O)Nc2c(C#N)cnn2-c2ccc3ccccc3n2)c1. The van der Waals surface area contributed by atoms with E-state index in [1.807, 2.05) is 57.2 Å². The van der Waals surface area contributed by atoms with Gasteiger partial charge in [0.2, 0.25) is 0 Å². The molecule has 0 aliphatic carbocycles. The summed E-state index contributed by atoms with van der Waals surface area (Å²) in [5.74, 6) is 1.04. The average molecular weight is 411 g/mol. The van der Waals surface area contributed by atoms with Gasteiger partial charge in [-0.2, -0.15) is 15.0 Å². The first-order valence-corrected chi connectivity index (χ1v) is 9.81. The second-order valence-electron chi connectivity index (χ2n) is 7.33. The van der Waals surface area contributed by atoms with Crippen molar-refractivity contribution in [2.75, 3.05) is 11.9 Å². The van der Waals surface area contributed by atoms with Gasteiger partial charge in [0.15, 0.2) is 18.2 Å². The molecule has 2 aromatic heterocycles. The molecule has 0 unspecified atom stereocenters. The number of hydrogen-bond acceptors (Lipinski definition) is 5. The zero-order valence-corrected chi connectivity index (χ0v) is 17.5. The maximum Gasteiger partial charge on any atom is 0.263 e. The highest BCUT2D eigenvalue weighted by molar-refractivity contribution is 5.92. The first-order chi connectivity index (χ1) is 15.0. The number of benzene rings is 2. The van der Waals surface area contributed by atoms with Crippen LogP contribution in [0, 0.1) is 32.1 Å². The van der Waals surface area contributed by atoms with E-state index in [1.165, 1.54) is 10.9 Å². The normalized spacial score (nSPS) is 10.6.